The minimum atomic E-state index is -0.226. The first-order valence-corrected chi connectivity index (χ1v) is 6.56. The summed E-state index contributed by atoms with van der Waals surface area (Å²) < 4.78 is 13.8. The van der Waals surface area contributed by atoms with E-state index in [-0.39, 0.29) is 11.9 Å². The van der Waals surface area contributed by atoms with Crippen LogP contribution in [0.25, 0.3) is 0 Å². The second-order valence-electron chi connectivity index (χ2n) is 3.80. The van der Waals surface area contributed by atoms with E-state index in [1.807, 2.05) is 13.0 Å². The maximum atomic E-state index is 13.0. The molecule has 0 saturated carbocycles. The van der Waals surface area contributed by atoms with Crippen molar-refractivity contribution in [2.24, 2.45) is 0 Å². The van der Waals surface area contributed by atoms with Crippen molar-refractivity contribution in [2.45, 2.75) is 32.7 Å². The summed E-state index contributed by atoms with van der Waals surface area (Å²) in [6.45, 7) is 4.88. The van der Waals surface area contributed by atoms with Crippen molar-refractivity contribution in [1.82, 2.24) is 5.32 Å². The Morgan fingerprint density at radius 1 is 1.47 bits per heavy atom. The summed E-state index contributed by atoms with van der Waals surface area (Å²) in [6, 6.07) is 4.94. The summed E-state index contributed by atoms with van der Waals surface area (Å²) in [5.41, 5.74) is 1.06. The lowest BCUT2D eigenvalue weighted by atomic mass is 10.0. The molecule has 1 N–H and O–H groups in total. The van der Waals surface area contributed by atoms with Crippen LogP contribution in [0.15, 0.2) is 22.7 Å². The molecule has 0 heterocycles. The highest BCUT2D eigenvalue weighted by Gasteiger charge is 2.13. The molecule has 1 nitrogen and oxygen atoms in total. The molecular weight excluding hydrogens is 281 g/mol. The minimum absolute atomic E-state index is 0.150. The van der Waals surface area contributed by atoms with Gasteiger partial charge in [-0.25, -0.2) is 4.39 Å². The lowest BCUT2D eigenvalue weighted by Gasteiger charge is -2.18. The van der Waals surface area contributed by atoms with Gasteiger partial charge in [0, 0.05) is 16.9 Å². The van der Waals surface area contributed by atoms with Gasteiger partial charge in [-0.2, -0.15) is 0 Å². The minimum Gasteiger partial charge on any atom is -0.309 e. The number of hydrogen-bond acceptors (Lipinski definition) is 1. The Kier molecular flexibility index (Phi) is 6.25. The Morgan fingerprint density at radius 3 is 2.82 bits per heavy atom. The first kappa shape index (κ1) is 14.2. The average Bonchev–Trinajstić information content (AvgIpc) is 2.30. The fourth-order valence-corrected chi connectivity index (χ4v) is 2.23. The van der Waals surface area contributed by atoms with Crippen molar-refractivity contribution < 1.29 is 4.39 Å². The molecule has 3 heteroatoms. The smallest absolute Gasteiger partial charge is 0.124 e. The summed E-state index contributed by atoms with van der Waals surface area (Å²) in [5, 5.41) is 3.43. The maximum Gasteiger partial charge on any atom is 0.124 e. The van der Waals surface area contributed by atoms with Crippen molar-refractivity contribution in [3.05, 3.63) is 34.1 Å². The van der Waals surface area contributed by atoms with Gasteiger partial charge in [-0.3, -0.25) is 0 Å². The van der Waals surface area contributed by atoms with Gasteiger partial charge in [0.05, 0.1) is 0 Å². The second kappa shape index (κ2) is 7.47. The number of benzene rings is 1. The SMILES string of the molecule is CC#CCC(NCCC)c1ccc(F)cc1Br. The summed E-state index contributed by atoms with van der Waals surface area (Å²) in [6.07, 6.45) is 1.80. The van der Waals surface area contributed by atoms with Gasteiger partial charge in [-0.15, -0.1) is 11.8 Å². The van der Waals surface area contributed by atoms with Crippen molar-refractivity contribution in [3.63, 3.8) is 0 Å². The first-order chi connectivity index (χ1) is 8.19. The standard InChI is InChI=1S/C14H17BrFN/c1-3-5-6-14(17-9-4-2)12-8-7-11(16)10-13(12)15/h7-8,10,14,17H,4,6,9H2,1-2H3. The van der Waals surface area contributed by atoms with Crippen LogP contribution in [0, 0.1) is 17.7 Å². The van der Waals surface area contributed by atoms with Crippen LogP contribution in [-0.2, 0) is 0 Å². The van der Waals surface area contributed by atoms with E-state index in [0.29, 0.717) is 0 Å². The van der Waals surface area contributed by atoms with Gasteiger partial charge >= 0.3 is 0 Å². The van der Waals surface area contributed by atoms with E-state index in [4.69, 9.17) is 0 Å². The Labute approximate surface area is 111 Å². The molecular formula is C14H17BrFN. The molecule has 0 fully saturated rings. The molecule has 1 atom stereocenters. The Bertz CT molecular complexity index is 420. The molecule has 0 saturated heterocycles. The molecule has 1 unspecified atom stereocenters. The number of halogens is 2. The van der Waals surface area contributed by atoms with Gasteiger partial charge in [0.1, 0.15) is 5.82 Å². The van der Waals surface area contributed by atoms with Crippen LogP contribution in [0.1, 0.15) is 38.3 Å². The predicted octanol–water partition coefficient (Wildman–Crippen LogP) is 4.04. The zero-order valence-corrected chi connectivity index (χ0v) is 11.8. The Morgan fingerprint density at radius 2 is 2.24 bits per heavy atom. The monoisotopic (exact) mass is 297 g/mol. The molecule has 1 rings (SSSR count). The van der Waals surface area contributed by atoms with Crippen LogP contribution in [0.4, 0.5) is 4.39 Å². The molecule has 17 heavy (non-hydrogen) atoms. The summed E-state index contributed by atoms with van der Waals surface area (Å²) in [7, 11) is 0. The normalized spacial score (nSPS) is 11.8. The maximum absolute atomic E-state index is 13.0. The van der Waals surface area contributed by atoms with E-state index < -0.39 is 0 Å². The molecule has 0 aliphatic heterocycles. The van der Waals surface area contributed by atoms with Crippen LogP contribution in [0.2, 0.25) is 0 Å². The summed E-state index contributed by atoms with van der Waals surface area (Å²) >= 11 is 3.40. The third kappa shape index (κ3) is 4.49. The fourth-order valence-electron chi connectivity index (χ4n) is 1.60. The first-order valence-electron chi connectivity index (χ1n) is 5.77. The van der Waals surface area contributed by atoms with E-state index in [0.717, 1.165) is 29.4 Å². The van der Waals surface area contributed by atoms with Gasteiger partial charge in [0.15, 0.2) is 0 Å². The third-order valence-electron chi connectivity index (χ3n) is 2.46. The molecule has 1 aromatic rings. The second-order valence-corrected chi connectivity index (χ2v) is 4.66. The molecule has 0 amide bonds. The molecule has 0 radical (unpaired) electrons. The van der Waals surface area contributed by atoms with Crippen LogP contribution in [-0.4, -0.2) is 6.54 Å². The summed E-state index contributed by atoms with van der Waals surface area (Å²) in [4.78, 5) is 0. The largest absolute Gasteiger partial charge is 0.309 e. The predicted molar refractivity (Wildman–Crippen MR) is 73.2 cm³/mol. The fraction of sp³-hybridized carbons (Fsp3) is 0.429. The number of nitrogens with one attached hydrogen (secondary N) is 1. The molecule has 0 aliphatic carbocycles. The third-order valence-corrected chi connectivity index (χ3v) is 3.15. The van der Waals surface area contributed by atoms with Gasteiger partial charge in [0.25, 0.3) is 0 Å². The van der Waals surface area contributed by atoms with Gasteiger partial charge in [-0.05, 0) is 37.6 Å². The highest BCUT2D eigenvalue weighted by atomic mass is 79.9. The van der Waals surface area contributed by atoms with Crippen LogP contribution < -0.4 is 5.32 Å². The molecule has 0 spiro atoms. The molecule has 1 aromatic carbocycles. The van der Waals surface area contributed by atoms with Gasteiger partial charge in [0.2, 0.25) is 0 Å². The van der Waals surface area contributed by atoms with Gasteiger partial charge < -0.3 is 5.32 Å². The van der Waals surface area contributed by atoms with E-state index >= 15 is 0 Å². The lowest BCUT2D eigenvalue weighted by Crippen LogP contribution is -2.22. The summed E-state index contributed by atoms with van der Waals surface area (Å²) in [5.74, 6) is 5.74. The van der Waals surface area contributed by atoms with E-state index in [2.05, 4.69) is 40.0 Å². The van der Waals surface area contributed by atoms with Gasteiger partial charge in [-0.1, -0.05) is 28.9 Å². The molecule has 92 valence electrons. The van der Waals surface area contributed by atoms with Crippen LogP contribution in [0.3, 0.4) is 0 Å². The number of hydrogen-bond donors (Lipinski definition) is 1. The van der Waals surface area contributed by atoms with Crippen molar-refractivity contribution in [3.8, 4) is 11.8 Å². The van der Waals surface area contributed by atoms with E-state index in [9.17, 15) is 4.39 Å². The lowest BCUT2D eigenvalue weighted by molar-refractivity contribution is 0.538. The van der Waals surface area contributed by atoms with Crippen LogP contribution >= 0.6 is 15.9 Å². The van der Waals surface area contributed by atoms with Crippen molar-refractivity contribution in [2.75, 3.05) is 6.54 Å². The van der Waals surface area contributed by atoms with Crippen LogP contribution in [0.5, 0.6) is 0 Å². The average molecular weight is 298 g/mol. The highest BCUT2D eigenvalue weighted by Crippen LogP contribution is 2.26. The molecule has 0 bridgehead atoms. The molecule has 0 aromatic heterocycles. The zero-order valence-electron chi connectivity index (χ0n) is 10.2. The zero-order chi connectivity index (χ0) is 12.7. The number of rotatable bonds is 5. The van der Waals surface area contributed by atoms with E-state index in [1.54, 1.807) is 0 Å². The quantitative estimate of drug-likeness (QED) is 0.809. The Hall–Kier alpha value is -0.850. The molecule has 0 aliphatic rings. The van der Waals surface area contributed by atoms with E-state index in [1.165, 1.54) is 12.1 Å². The van der Waals surface area contributed by atoms with Crippen molar-refractivity contribution >= 4 is 15.9 Å². The Balaban J connectivity index is 2.89. The van der Waals surface area contributed by atoms with Crippen molar-refractivity contribution in [1.29, 1.82) is 0 Å². The highest BCUT2D eigenvalue weighted by molar-refractivity contribution is 9.10. The topological polar surface area (TPSA) is 12.0 Å².